The average Bonchev–Trinajstić information content (AvgIpc) is 2.17. The smallest absolute Gasteiger partial charge is 0.0836 e. The molecule has 2 atom stereocenters. The van der Waals surface area contributed by atoms with Crippen molar-refractivity contribution in [1.82, 2.24) is 0 Å². The third-order valence-electron chi connectivity index (χ3n) is 2.09. The number of hydrogen-bond donors (Lipinski definition) is 2. The molecule has 0 aromatic heterocycles. The predicted molar refractivity (Wildman–Crippen MR) is 47.9 cm³/mol. The fraction of sp³-hybridized carbons (Fsp3) is 0.400. The van der Waals surface area contributed by atoms with E-state index < -0.39 is 6.10 Å². The summed E-state index contributed by atoms with van der Waals surface area (Å²) < 4.78 is 0. The van der Waals surface area contributed by atoms with Crippen LogP contribution in [0.4, 0.5) is 0 Å². The molecule has 0 bridgehead atoms. The fourth-order valence-electron chi connectivity index (χ4n) is 1.14. The zero-order chi connectivity index (χ0) is 8.97. The Bertz CT molecular complexity index is 221. The summed E-state index contributed by atoms with van der Waals surface area (Å²) in [5, 5.41) is 18.0. The lowest BCUT2D eigenvalue weighted by atomic mass is 9.96. The lowest BCUT2D eigenvalue weighted by molar-refractivity contribution is 0.0772. The van der Waals surface area contributed by atoms with Crippen molar-refractivity contribution < 1.29 is 10.2 Å². The number of rotatable bonds is 3. The van der Waals surface area contributed by atoms with Crippen molar-refractivity contribution in [3.8, 4) is 0 Å². The minimum absolute atomic E-state index is 0.00352. The second-order valence-corrected chi connectivity index (χ2v) is 2.95. The molecule has 0 saturated carbocycles. The largest absolute Gasteiger partial charge is 0.394 e. The van der Waals surface area contributed by atoms with Crippen LogP contribution >= 0.6 is 0 Å². The first-order chi connectivity index (χ1) is 5.75. The number of aliphatic hydroxyl groups is 2. The molecular formula is C10H14O2. The highest BCUT2D eigenvalue weighted by atomic mass is 16.3. The average molecular weight is 166 g/mol. The highest BCUT2D eigenvalue weighted by Gasteiger charge is 2.13. The summed E-state index contributed by atoms with van der Waals surface area (Å²) in [6.45, 7) is 1.71. The van der Waals surface area contributed by atoms with E-state index in [1.165, 1.54) is 0 Å². The molecule has 0 fully saturated rings. The minimum atomic E-state index is -0.660. The summed E-state index contributed by atoms with van der Waals surface area (Å²) >= 11 is 0. The van der Waals surface area contributed by atoms with E-state index >= 15 is 0 Å². The number of hydrogen-bond acceptors (Lipinski definition) is 2. The Hall–Kier alpha value is -0.860. The first-order valence-electron chi connectivity index (χ1n) is 4.09. The molecule has 2 heteroatoms. The van der Waals surface area contributed by atoms with E-state index in [-0.39, 0.29) is 12.5 Å². The van der Waals surface area contributed by atoms with E-state index in [9.17, 15) is 5.11 Å². The monoisotopic (exact) mass is 166 g/mol. The molecule has 0 heterocycles. The molecule has 2 N–H and O–H groups in total. The van der Waals surface area contributed by atoms with Gasteiger partial charge in [0, 0.05) is 5.92 Å². The molecule has 0 aliphatic carbocycles. The Morgan fingerprint density at radius 2 is 1.83 bits per heavy atom. The van der Waals surface area contributed by atoms with Gasteiger partial charge in [-0.3, -0.25) is 0 Å². The second kappa shape index (κ2) is 4.24. The standard InChI is InChI=1S/C10H14O2/c1-8(10(12)7-11)9-5-3-2-4-6-9/h2-6,8,10-12H,7H2,1H3. The van der Waals surface area contributed by atoms with Crippen molar-refractivity contribution in [3.05, 3.63) is 35.9 Å². The van der Waals surface area contributed by atoms with Crippen LogP contribution in [0, 0.1) is 0 Å². The molecule has 12 heavy (non-hydrogen) atoms. The molecule has 0 radical (unpaired) electrons. The summed E-state index contributed by atoms with van der Waals surface area (Å²) in [7, 11) is 0. The zero-order valence-corrected chi connectivity index (χ0v) is 7.14. The van der Waals surface area contributed by atoms with Gasteiger partial charge in [-0.15, -0.1) is 0 Å². The van der Waals surface area contributed by atoms with Crippen LogP contribution in [0.2, 0.25) is 0 Å². The maximum absolute atomic E-state index is 9.33. The van der Waals surface area contributed by atoms with E-state index in [0.29, 0.717) is 0 Å². The zero-order valence-electron chi connectivity index (χ0n) is 7.14. The number of benzene rings is 1. The third-order valence-corrected chi connectivity index (χ3v) is 2.09. The van der Waals surface area contributed by atoms with Gasteiger partial charge in [-0.05, 0) is 5.56 Å². The molecule has 2 unspecified atom stereocenters. The van der Waals surface area contributed by atoms with Crippen LogP contribution in [0.5, 0.6) is 0 Å². The van der Waals surface area contributed by atoms with E-state index in [0.717, 1.165) is 5.56 Å². The van der Waals surface area contributed by atoms with Gasteiger partial charge in [0.1, 0.15) is 0 Å². The van der Waals surface area contributed by atoms with Crippen LogP contribution in [-0.4, -0.2) is 22.9 Å². The molecule has 0 aliphatic heterocycles. The normalized spacial score (nSPS) is 15.6. The summed E-state index contributed by atoms with van der Waals surface area (Å²) in [6, 6.07) is 9.68. The van der Waals surface area contributed by atoms with Crippen molar-refractivity contribution in [2.24, 2.45) is 0 Å². The van der Waals surface area contributed by atoms with Gasteiger partial charge in [-0.25, -0.2) is 0 Å². The molecule has 0 amide bonds. The highest BCUT2D eigenvalue weighted by Crippen LogP contribution is 2.17. The summed E-state index contributed by atoms with van der Waals surface area (Å²) in [4.78, 5) is 0. The topological polar surface area (TPSA) is 40.5 Å². The van der Waals surface area contributed by atoms with Crippen LogP contribution in [0.15, 0.2) is 30.3 Å². The SMILES string of the molecule is CC(c1ccccc1)C(O)CO. The van der Waals surface area contributed by atoms with Gasteiger partial charge in [0.25, 0.3) is 0 Å². The van der Waals surface area contributed by atoms with Crippen molar-refractivity contribution in [2.45, 2.75) is 18.9 Å². The molecule has 0 spiro atoms. The molecule has 2 nitrogen and oxygen atoms in total. The number of aliphatic hydroxyl groups excluding tert-OH is 2. The molecule has 1 aromatic rings. The molecule has 1 aromatic carbocycles. The Morgan fingerprint density at radius 3 is 2.33 bits per heavy atom. The lowest BCUT2D eigenvalue weighted by Gasteiger charge is -2.16. The van der Waals surface area contributed by atoms with Crippen molar-refractivity contribution in [2.75, 3.05) is 6.61 Å². The van der Waals surface area contributed by atoms with Gasteiger partial charge >= 0.3 is 0 Å². The van der Waals surface area contributed by atoms with Crippen LogP contribution < -0.4 is 0 Å². The quantitative estimate of drug-likeness (QED) is 0.707. The van der Waals surface area contributed by atoms with Crippen LogP contribution in [0.25, 0.3) is 0 Å². The maximum Gasteiger partial charge on any atom is 0.0836 e. The molecule has 66 valence electrons. The van der Waals surface area contributed by atoms with E-state index in [2.05, 4.69) is 0 Å². The third kappa shape index (κ3) is 2.06. The lowest BCUT2D eigenvalue weighted by Crippen LogP contribution is -2.19. The predicted octanol–water partition coefficient (Wildman–Crippen LogP) is 1.14. The van der Waals surface area contributed by atoms with Gasteiger partial charge in [0.2, 0.25) is 0 Å². The maximum atomic E-state index is 9.33. The first-order valence-corrected chi connectivity index (χ1v) is 4.09. The first kappa shape index (κ1) is 9.23. The fourth-order valence-corrected chi connectivity index (χ4v) is 1.14. The second-order valence-electron chi connectivity index (χ2n) is 2.95. The van der Waals surface area contributed by atoms with Crippen LogP contribution in [0.3, 0.4) is 0 Å². The van der Waals surface area contributed by atoms with Crippen molar-refractivity contribution in [1.29, 1.82) is 0 Å². The van der Waals surface area contributed by atoms with E-state index in [1.54, 1.807) is 0 Å². The summed E-state index contributed by atoms with van der Waals surface area (Å²) in [5.74, 6) is -0.00352. The van der Waals surface area contributed by atoms with E-state index in [1.807, 2.05) is 37.3 Å². The molecule has 0 saturated heterocycles. The molecular weight excluding hydrogens is 152 g/mol. The Balaban J connectivity index is 2.71. The van der Waals surface area contributed by atoms with E-state index in [4.69, 9.17) is 5.11 Å². The van der Waals surface area contributed by atoms with Gasteiger partial charge in [-0.1, -0.05) is 37.3 Å². The van der Waals surface area contributed by atoms with Crippen LogP contribution in [0.1, 0.15) is 18.4 Å². The summed E-state index contributed by atoms with van der Waals surface area (Å²) in [5.41, 5.74) is 1.05. The summed E-state index contributed by atoms with van der Waals surface area (Å²) in [6.07, 6.45) is -0.660. The van der Waals surface area contributed by atoms with Crippen molar-refractivity contribution >= 4 is 0 Å². The van der Waals surface area contributed by atoms with Crippen LogP contribution in [-0.2, 0) is 0 Å². The highest BCUT2D eigenvalue weighted by molar-refractivity contribution is 5.19. The Morgan fingerprint density at radius 1 is 1.25 bits per heavy atom. The minimum Gasteiger partial charge on any atom is -0.394 e. The van der Waals surface area contributed by atoms with Gasteiger partial charge < -0.3 is 10.2 Å². The molecule has 1 rings (SSSR count). The van der Waals surface area contributed by atoms with Gasteiger partial charge in [-0.2, -0.15) is 0 Å². The Kier molecular flexibility index (Phi) is 3.26. The Labute approximate surface area is 72.5 Å². The van der Waals surface area contributed by atoms with Gasteiger partial charge in [0.05, 0.1) is 12.7 Å². The van der Waals surface area contributed by atoms with Gasteiger partial charge in [0.15, 0.2) is 0 Å². The molecule has 0 aliphatic rings. The van der Waals surface area contributed by atoms with Crippen molar-refractivity contribution in [3.63, 3.8) is 0 Å².